The number of piperazine rings is 1. The third-order valence-electron chi connectivity index (χ3n) is 4.42. The first-order valence-corrected chi connectivity index (χ1v) is 7.98. The number of carbonyl (C=O) groups is 2. The summed E-state index contributed by atoms with van der Waals surface area (Å²) >= 11 is 0. The van der Waals surface area contributed by atoms with Crippen LogP contribution in [-0.2, 0) is 9.59 Å². The lowest BCUT2D eigenvalue weighted by molar-refractivity contribution is -0.141. The van der Waals surface area contributed by atoms with Crippen molar-refractivity contribution in [2.45, 2.75) is 39.0 Å². The van der Waals surface area contributed by atoms with Crippen LogP contribution in [0.15, 0.2) is 0 Å². The van der Waals surface area contributed by atoms with Crippen LogP contribution in [0.3, 0.4) is 0 Å². The van der Waals surface area contributed by atoms with E-state index in [1.54, 1.807) is 4.90 Å². The molecule has 0 saturated carbocycles. The van der Waals surface area contributed by atoms with E-state index >= 15 is 0 Å². The summed E-state index contributed by atoms with van der Waals surface area (Å²) in [6, 6.07) is 0. The highest BCUT2D eigenvalue weighted by Gasteiger charge is 2.24. The van der Waals surface area contributed by atoms with Gasteiger partial charge in [-0.05, 0) is 19.4 Å². The van der Waals surface area contributed by atoms with Gasteiger partial charge >= 0.3 is 0 Å². The molecule has 0 atom stereocenters. The summed E-state index contributed by atoms with van der Waals surface area (Å²) in [6.07, 6.45) is 4.93. The lowest BCUT2D eigenvalue weighted by Gasteiger charge is -2.35. The normalized spacial score (nSPS) is 22.6. The Kier molecular flexibility index (Phi) is 5.83. The monoisotopic (exact) mass is 281 g/mol. The minimum Gasteiger partial charge on any atom is -0.339 e. The molecule has 2 saturated heterocycles. The van der Waals surface area contributed by atoms with Gasteiger partial charge < -0.3 is 14.7 Å². The summed E-state index contributed by atoms with van der Waals surface area (Å²) in [5.41, 5.74) is 0. The van der Waals surface area contributed by atoms with E-state index in [1.807, 2.05) is 4.90 Å². The molecule has 0 spiro atoms. The average Bonchev–Trinajstić information content (AvgIpc) is 2.47. The molecule has 0 N–H and O–H groups in total. The molecule has 20 heavy (non-hydrogen) atoms. The fourth-order valence-electron chi connectivity index (χ4n) is 2.96. The molecule has 2 rings (SSSR count). The maximum absolute atomic E-state index is 12.3. The van der Waals surface area contributed by atoms with Crippen LogP contribution in [0.4, 0.5) is 0 Å². The molecule has 2 heterocycles. The van der Waals surface area contributed by atoms with Gasteiger partial charge in [0.15, 0.2) is 0 Å². The van der Waals surface area contributed by atoms with E-state index in [9.17, 15) is 9.59 Å². The van der Waals surface area contributed by atoms with Gasteiger partial charge in [0.1, 0.15) is 0 Å². The fraction of sp³-hybridized carbons (Fsp3) is 0.867. The number of likely N-dealkylation sites (N-methyl/N-ethyl adjacent to an activating group) is 1. The van der Waals surface area contributed by atoms with Gasteiger partial charge in [0.25, 0.3) is 0 Å². The number of hydrogen-bond donors (Lipinski definition) is 0. The smallest absolute Gasteiger partial charge is 0.242 e. The summed E-state index contributed by atoms with van der Waals surface area (Å²) in [6.45, 7) is 7.74. The molecule has 0 radical (unpaired) electrons. The van der Waals surface area contributed by atoms with Gasteiger partial charge in [-0.15, -0.1) is 0 Å². The Bertz CT molecular complexity index is 338. The highest BCUT2D eigenvalue weighted by Crippen LogP contribution is 2.12. The summed E-state index contributed by atoms with van der Waals surface area (Å²) in [5, 5.41) is 0. The molecular formula is C15H27N3O2. The second kappa shape index (κ2) is 7.62. The molecule has 0 aromatic carbocycles. The van der Waals surface area contributed by atoms with E-state index in [2.05, 4.69) is 11.8 Å². The van der Waals surface area contributed by atoms with Crippen LogP contribution >= 0.6 is 0 Å². The predicted octanol–water partition coefficient (Wildman–Crippen LogP) is 0.943. The van der Waals surface area contributed by atoms with Crippen molar-refractivity contribution in [3.05, 3.63) is 0 Å². The highest BCUT2D eigenvalue weighted by molar-refractivity contribution is 5.85. The number of rotatable bonds is 3. The molecule has 0 aromatic heterocycles. The molecule has 114 valence electrons. The lowest BCUT2D eigenvalue weighted by atomic mass is 10.1. The maximum Gasteiger partial charge on any atom is 0.242 e. The van der Waals surface area contributed by atoms with Crippen molar-refractivity contribution < 1.29 is 9.59 Å². The zero-order chi connectivity index (χ0) is 14.4. The van der Waals surface area contributed by atoms with Gasteiger partial charge in [-0.1, -0.05) is 19.8 Å². The van der Waals surface area contributed by atoms with Gasteiger partial charge in [0.2, 0.25) is 11.8 Å². The van der Waals surface area contributed by atoms with Crippen molar-refractivity contribution in [2.24, 2.45) is 0 Å². The van der Waals surface area contributed by atoms with Crippen molar-refractivity contribution in [1.29, 1.82) is 0 Å². The zero-order valence-corrected chi connectivity index (χ0v) is 12.6. The molecule has 0 unspecified atom stereocenters. The minimum atomic E-state index is 0.120. The Morgan fingerprint density at radius 3 is 2.40 bits per heavy atom. The molecular weight excluding hydrogens is 254 g/mol. The first-order valence-electron chi connectivity index (χ1n) is 7.98. The van der Waals surface area contributed by atoms with Crippen LogP contribution in [0.5, 0.6) is 0 Å². The first kappa shape index (κ1) is 15.3. The third kappa shape index (κ3) is 4.20. The van der Waals surface area contributed by atoms with Crippen LogP contribution in [-0.4, -0.2) is 72.3 Å². The van der Waals surface area contributed by atoms with E-state index in [-0.39, 0.29) is 18.4 Å². The van der Waals surface area contributed by atoms with Gasteiger partial charge in [-0.25, -0.2) is 0 Å². The molecule has 5 nitrogen and oxygen atoms in total. The molecule has 0 aromatic rings. The van der Waals surface area contributed by atoms with Crippen molar-refractivity contribution in [3.63, 3.8) is 0 Å². The average molecular weight is 281 g/mol. The number of hydrogen-bond acceptors (Lipinski definition) is 3. The largest absolute Gasteiger partial charge is 0.339 e. The fourth-order valence-corrected chi connectivity index (χ4v) is 2.96. The van der Waals surface area contributed by atoms with Crippen molar-refractivity contribution in [2.75, 3.05) is 45.8 Å². The van der Waals surface area contributed by atoms with Crippen molar-refractivity contribution >= 4 is 11.8 Å². The Labute approximate surface area is 121 Å². The van der Waals surface area contributed by atoms with E-state index in [4.69, 9.17) is 0 Å². The van der Waals surface area contributed by atoms with E-state index < -0.39 is 0 Å². The topological polar surface area (TPSA) is 43.9 Å². The van der Waals surface area contributed by atoms with E-state index in [0.717, 1.165) is 58.5 Å². The Morgan fingerprint density at radius 2 is 1.70 bits per heavy atom. The lowest BCUT2D eigenvalue weighted by Crippen LogP contribution is -2.51. The molecule has 2 aliphatic rings. The van der Waals surface area contributed by atoms with Gasteiger partial charge in [0.05, 0.1) is 6.54 Å². The third-order valence-corrected chi connectivity index (χ3v) is 4.42. The van der Waals surface area contributed by atoms with Gasteiger partial charge in [-0.3, -0.25) is 9.59 Å². The summed E-state index contributed by atoms with van der Waals surface area (Å²) in [7, 11) is 0. The number of likely N-dealkylation sites (tertiary alicyclic amines) is 1. The number of carbonyl (C=O) groups excluding carboxylic acids is 2. The van der Waals surface area contributed by atoms with Crippen LogP contribution in [0, 0.1) is 0 Å². The molecule has 0 bridgehead atoms. The quantitative estimate of drug-likeness (QED) is 0.773. The minimum absolute atomic E-state index is 0.120. The predicted molar refractivity (Wildman–Crippen MR) is 78.4 cm³/mol. The van der Waals surface area contributed by atoms with Crippen LogP contribution in [0.2, 0.25) is 0 Å². The molecule has 2 aliphatic heterocycles. The maximum atomic E-state index is 12.3. The first-order chi connectivity index (χ1) is 9.70. The highest BCUT2D eigenvalue weighted by atomic mass is 16.2. The number of nitrogens with zero attached hydrogens (tertiary/aromatic N) is 3. The summed E-state index contributed by atoms with van der Waals surface area (Å²) < 4.78 is 0. The Hall–Kier alpha value is -1.10. The van der Waals surface area contributed by atoms with Crippen molar-refractivity contribution in [1.82, 2.24) is 14.7 Å². The van der Waals surface area contributed by atoms with Crippen LogP contribution < -0.4 is 0 Å². The van der Waals surface area contributed by atoms with Gasteiger partial charge in [-0.2, -0.15) is 0 Å². The second-order valence-electron chi connectivity index (χ2n) is 5.79. The van der Waals surface area contributed by atoms with Gasteiger partial charge in [0, 0.05) is 39.1 Å². The number of amides is 2. The molecule has 0 aliphatic carbocycles. The Balaban J connectivity index is 1.82. The molecule has 2 fully saturated rings. The standard InChI is InChI=1S/C15H27N3O2/c1-2-16-9-11-17(12-10-16)15(20)13-18-8-6-4-3-5-7-14(18)19/h2-13H2,1H3. The van der Waals surface area contributed by atoms with E-state index in [0.29, 0.717) is 6.42 Å². The van der Waals surface area contributed by atoms with Crippen LogP contribution in [0.1, 0.15) is 39.0 Å². The summed E-state index contributed by atoms with van der Waals surface area (Å²) in [5.74, 6) is 0.278. The van der Waals surface area contributed by atoms with Crippen molar-refractivity contribution in [3.8, 4) is 0 Å². The van der Waals surface area contributed by atoms with Crippen LogP contribution in [0.25, 0.3) is 0 Å². The molecule has 2 amide bonds. The SMILES string of the molecule is CCN1CCN(C(=O)CN2CCCCCCC2=O)CC1. The zero-order valence-electron chi connectivity index (χ0n) is 12.6. The second-order valence-corrected chi connectivity index (χ2v) is 5.79. The van der Waals surface area contributed by atoms with E-state index in [1.165, 1.54) is 6.42 Å². The Morgan fingerprint density at radius 1 is 1.00 bits per heavy atom. The summed E-state index contributed by atoms with van der Waals surface area (Å²) in [4.78, 5) is 30.4. The molecule has 5 heteroatoms.